The van der Waals surface area contributed by atoms with Gasteiger partial charge < -0.3 is 15.5 Å². The molecule has 0 bridgehead atoms. The van der Waals surface area contributed by atoms with E-state index in [-0.39, 0.29) is 24.0 Å². The van der Waals surface area contributed by atoms with Crippen molar-refractivity contribution >= 4 is 29.9 Å². The van der Waals surface area contributed by atoms with Crippen molar-refractivity contribution in [3.05, 3.63) is 0 Å². The highest BCUT2D eigenvalue weighted by atomic mass is 127. The average Bonchev–Trinajstić information content (AvgIpc) is 2.93. The van der Waals surface area contributed by atoms with Crippen molar-refractivity contribution in [2.45, 2.75) is 45.8 Å². The fraction of sp³-hybridized carbons (Fsp3) is 0.944. The van der Waals surface area contributed by atoms with Crippen LogP contribution >= 0.6 is 24.0 Å². The summed E-state index contributed by atoms with van der Waals surface area (Å²) in [6.45, 7) is 17.1. The molecule has 6 nitrogen and oxygen atoms in total. The first-order chi connectivity index (χ1) is 11.4. The van der Waals surface area contributed by atoms with Crippen molar-refractivity contribution in [2.75, 3.05) is 59.9 Å². The van der Waals surface area contributed by atoms with Gasteiger partial charge >= 0.3 is 0 Å². The van der Waals surface area contributed by atoms with Crippen LogP contribution in [-0.4, -0.2) is 98.7 Å². The van der Waals surface area contributed by atoms with Crippen LogP contribution in [-0.2, 0) is 0 Å². The molecular formula is C18H39IN6. The highest BCUT2D eigenvalue weighted by Crippen LogP contribution is 2.18. The summed E-state index contributed by atoms with van der Waals surface area (Å²) >= 11 is 0. The van der Waals surface area contributed by atoms with E-state index in [2.05, 4.69) is 65.1 Å². The summed E-state index contributed by atoms with van der Waals surface area (Å²) < 4.78 is 0. The third-order valence-corrected chi connectivity index (χ3v) is 5.64. The number of hydrogen-bond acceptors (Lipinski definition) is 4. The molecule has 0 aliphatic carbocycles. The minimum Gasteiger partial charge on any atom is -0.355 e. The predicted molar refractivity (Wildman–Crippen MR) is 118 cm³/mol. The van der Waals surface area contributed by atoms with Gasteiger partial charge in [-0.1, -0.05) is 6.92 Å². The molecule has 2 heterocycles. The Morgan fingerprint density at radius 3 is 2.24 bits per heavy atom. The normalized spacial score (nSPS) is 28.0. The van der Waals surface area contributed by atoms with Gasteiger partial charge in [0.25, 0.3) is 0 Å². The number of nitrogens with zero attached hydrogens (tertiary/aromatic N) is 4. The summed E-state index contributed by atoms with van der Waals surface area (Å²) in [5, 5.41) is 7.17. The van der Waals surface area contributed by atoms with Gasteiger partial charge in [0, 0.05) is 71.0 Å². The van der Waals surface area contributed by atoms with E-state index in [0.29, 0.717) is 24.0 Å². The molecule has 2 aliphatic heterocycles. The van der Waals surface area contributed by atoms with Crippen molar-refractivity contribution < 1.29 is 0 Å². The van der Waals surface area contributed by atoms with Gasteiger partial charge in [0.1, 0.15) is 0 Å². The summed E-state index contributed by atoms with van der Waals surface area (Å²) in [5.41, 5.74) is 0. The average molecular weight is 466 g/mol. The number of rotatable bonds is 5. The van der Waals surface area contributed by atoms with Crippen LogP contribution in [0.25, 0.3) is 0 Å². The molecule has 148 valence electrons. The van der Waals surface area contributed by atoms with Crippen LogP contribution in [0.1, 0.15) is 27.7 Å². The molecule has 3 atom stereocenters. The second kappa shape index (κ2) is 10.9. The van der Waals surface area contributed by atoms with Gasteiger partial charge in [0.2, 0.25) is 0 Å². The number of aliphatic imine (C=N–C) groups is 1. The molecule has 0 radical (unpaired) electrons. The number of guanidine groups is 1. The highest BCUT2D eigenvalue weighted by molar-refractivity contribution is 14.0. The van der Waals surface area contributed by atoms with Crippen molar-refractivity contribution in [3.8, 4) is 0 Å². The number of halogens is 1. The van der Waals surface area contributed by atoms with Gasteiger partial charge in [0.15, 0.2) is 5.96 Å². The number of hydrogen-bond donors (Lipinski definition) is 2. The second-order valence-corrected chi connectivity index (χ2v) is 7.92. The summed E-state index contributed by atoms with van der Waals surface area (Å²) in [6.07, 6.45) is 0. The Labute approximate surface area is 171 Å². The van der Waals surface area contributed by atoms with E-state index in [0.717, 1.165) is 32.1 Å². The predicted octanol–water partition coefficient (Wildman–Crippen LogP) is 1.13. The van der Waals surface area contributed by atoms with E-state index in [9.17, 15) is 0 Å². The third kappa shape index (κ3) is 6.84. The van der Waals surface area contributed by atoms with E-state index in [4.69, 9.17) is 0 Å². The topological polar surface area (TPSA) is 46.1 Å². The molecule has 0 amide bonds. The van der Waals surface area contributed by atoms with Gasteiger partial charge in [-0.25, -0.2) is 0 Å². The van der Waals surface area contributed by atoms with Gasteiger partial charge in [-0.3, -0.25) is 14.8 Å². The third-order valence-electron chi connectivity index (χ3n) is 5.64. The molecule has 25 heavy (non-hydrogen) atoms. The lowest BCUT2D eigenvalue weighted by atomic mass is 10.1. The van der Waals surface area contributed by atoms with Crippen molar-refractivity contribution in [1.29, 1.82) is 0 Å². The van der Waals surface area contributed by atoms with E-state index in [1.807, 2.05) is 7.05 Å². The van der Waals surface area contributed by atoms with Crippen LogP contribution in [0.4, 0.5) is 0 Å². The lowest BCUT2D eigenvalue weighted by Crippen LogP contribution is -2.53. The number of likely N-dealkylation sites (tertiary alicyclic amines) is 1. The molecule has 0 aromatic rings. The second-order valence-electron chi connectivity index (χ2n) is 7.92. The molecule has 2 fully saturated rings. The smallest absolute Gasteiger partial charge is 0.191 e. The molecule has 7 heteroatoms. The van der Waals surface area contributed by atoms with Crippen molar-refractivity contribution in [1.82, 2.24) is 25.3 Å². The fourth-order valence-electron chi connectivity index (χ4n) is 3.62. The number of nitrogens with one attached hydrogen (secondary N) is 2. The monoisotopic (exact) mass is 466 g/mol. The summed E-state index contributed by atoms with van der Waals surface area (Å²) in [7, 11) is 4.07. The number of likely N-dealkylation sites (N-methyl/N-ethyl adjacent to an activating group) is 1. The first-order valence-corrected chi connectivity index (χ1v) is 9.54. The summed E-state index contributed by atoms with van der Waals surface area (Å²) in [4.78, 5) is 11.9. The van der Waals surface area contributed by atoms with Crippen molar-refractivity contribution in [3.63, 3.8) is 0 Å². The molecule has 2 rings (SSSR count). The molecule has 2 aliphatic rings. The zero-order valence-electron chi connectivity index (χ0n) is 17.0. The zero-order chi connectivity index (χ0) is 17.7. The Bertz CT molecular complexity index is 408. The van der Waals surface area contributed by atoms with E-state index in [1.165, 1.54) is 19.6 Å². The van der Waals surface area contributed by atoms with E-state index in [1.54, 1.807) is 0 Å². The van der Waals surface area contributed by atoms with Crippen LogP contribution in [0.5, 0.6) is 0 Å². The SMILES string of the molecule is CN=C(NCC(C)N1CCN(C)CC1)NC1CN(C(C)C)CC1C.I. The Morgan fingerprint density at radius 1 is 1.08 bits per heavy atom. The number of piperazine rings is 1. The van der Waals surface area contributed by atoms with Crippen LogP contribution in [0.3, 0.4) is 0 Å². The quantitative estimate of drug-likeness (QED) is 0.362. The minimum atomic E-state index is 0. The van der Waals surface area contributed by atoms with Gasteiger partial charge in [-0.2, -0.15) is 0 Å². The lowest BCUT2D eigenvalue weighted by Gasteiger charge is -2.36. The van der Waals surface area contributed by atoms with E-state index >= 15 is 0 Å². The molecule has 3 unspecified atom stereocenters. The first-order valence-electron chi connectivity index (χ1n) is 9.54. The maximum absolute atomic E-state index is 4.43. The van der Waals surface area contributed by atoms with Crippen LogP contribution < -0.4 is 10.6 Å². The Balaban J connectivity index is 0.00000312. The lowest BCUT2D eigenvalue weighted by molar-refractivity contribution is 0.120. The van der Waals surface area contributed by atoms with Gasteiger partial charge in [0.05, 0.1) is 0 Å². The molecule has 0 aromatic heterocycles. The molecule has 0 aromatic carbocycles. The Hall–Kier alpha value is -0.120. The highest BCUT2D eigenvalue weighted by Gasteiger charge is 2.31. The van der Waals surface area contributed by atoms with Crippen LogP contribution in [0, 0.1) is 5.92 Å². The molecule has 0 spiro atoms. The Morgan fingerprint density at radius 2 is 1.72 bits per heavy atom. The standard InChI is InChI=1S/C18H38N6.HI/c1-14(2)24-12-15(3)17(13-24)21-18(19-5)20-11-16(4)23-9-7-22(6)8-10-23;/h14-17H,7-13H2,1-6H3,(H2,19,20,21);1H. The molecule has 2 saturated heterocycles. The minimum absolute atomic E-state index is 0. The summed E-state index contributed by atoms with van der Waals surface area (Å²) in [6, 6.07) is 1.63. The van der Waals surface area contributed by atoms with Crippen LogP contribution in [0.2, 0.25) is 0 Å². The maximum atomic E-state index is 4.43. The maximum Gasteiger partial charge on any atom is 0.191 e. The van der Waals surface area contributed by atoms with Gasteiger partial charge in [-0.15, -0.1) is 24.0 Å². The first kappa shape index (κ1) is 22.9. The summed E-state index contributed by atoms with van der Waals surface area (Å²) in [5.74, 6) is 1.60. The molecule has 2 N–H and O–H groups in total. The van der Waals surface area contributed by atoms with Gasteiger partial charge in [-0.05, 0) is 33.7 Å². The zero-order valence-corrected chi connectivity index (χ0v) is 19.3. The Kier molecular flexibility index (Phi) is 9.98. The molecule has 0 saturated carbocycles. The molecular weight excluding hydrogens is 427 g/mol. The largest absolute Gasteiger partial charge is 0.355 e. The van der Waals surface area contributed by atoms with Crippen molar-refractivity contribution in [2.24, 2.45) is 10.9 Å². The van der Waals surface area contributed by atoms with E-state index < -0.39 is 0 Å². The van der Waals surface area contributed by atoms with Crippen LogP contribution in [0.15, 0.2) is 4.99 Å². The fourth-order valence-corrected chi connectivity index (χ4v) is 3.62.